The van der Waals surface area contributed by atoms with Crippen LogP contribution in [0.15, 0.2) is 29.6 Å². The number of aryl methyl sites for hydroxylation is 1. The molecule has 0 aliphatic carbocycles. The lowest BCUT2D eigenvalue weighted by Crippen LogP contribution is -2.33. The summed E-state index contributed by atoms with van der Waals surface area (Å²) in [4.78, 5) is 11.9. The van der Waals surface area contributed by atoms with Crippen molar-refractivity contribution in [2.45, 2.75) is 33.4 Å². The van der Waals surface area contributed by atoms with Crippen molar-refractivity contribution >= 4 is 29.5 Å². The van der Waals surface area contributed by atoms with Crippen molar-refractivity contribution < 1.29 is 4.79 Å². The molecule has 0 aliphatic heterocycles. The fourth-order valence-corrected chi connectivity index (χ4v) is 3.01. The zero-order valence-corrected chi connectivity index (χ0v) is 13.5. The Hall–Kier alpha value is -1.46. The van der Waals surface area contributed by atoms with Gasteiger partial charge in [0.05, 0.1) is 5.69 Å². The van der Waals surface area contributed by atoms with E-state index >= 15 is 0 Å². The second-order valence-electron chi connectivity index (χ2n) is 5.06. The number of nitrogens with zero attached hydrogens (tertiary/aromatic N) is 1. The summed E-state index contributed by atoms with van der Waals surface area (Å²) in [5.41, 5.74) is 3.30. The average Bonchev–Trinajstić information content (AvgIpc) is 2.71. The molecule has 1 heterocycles. The normalized spacial score (nSPS) is 10.8. The maximum absolute atomic E-state index is 11.9. The first-order valence-corrected chi connectivity index (χ1v) is 7.81. The molecule has 5 heteroatoms. The lowest BCUT2D eigenvalue weighted by atomic mass is 10.1. The van der Waals surface area contributed by atoms with E-state index in [9.17, 15) is 4.79 Å². The van der Waals surface area contributed by atoms with Crippen LogP contribution in [0.2, 0.25) is 0 Å². The third-order valence-electron chi connectivity index (χ3n) is 2.88. The Balaban J connectivity index is 2.30. The van der Waals surface area contributed by atoms with Crippen LogP contribution in [0.5, 0.6) is 0 Å². The van der Waals surface area contributed by atoms with Gasteiger partial charge >= 0.3 is 0 Å². The number of hydrogen-bond acceptors (Lipinski definition) is 3. The second-order valence-corrected chi connectivity index (χ2v) is 6.56. The number of hydrogen-bond donors (Lipinski definition) is 1. The van der Waals surface area contributed by atoms with Crippen molar-refractivity contribution in [1.82, 2.24) is 9.88 Å². The third-order valence-corrected chi connectivity index (χ3v) is 4.15. The van der Waals surface area contributed by atoms with Crippen LogP contribution < -0.4 is 5.32 Å². The Bertz CT molecular complexity index is 653. The zero-order valence-electron chi connectivity index (χ0n) is 11.8. The minimum absolute atomic E-state index is 0.0112. The number of benzene rings is 1. The number of carbonyl (C=O) groups is 1. The smallest absolute Gasteiger partial charge is 0.240 e. The number of rotatable bonds is 4. The van der Waals surface area contributed by atoms with Crippen LogP contribution in [0.3, 0.4) is 0 Å². The Morgan fingerprint density at radius 2 is 2.00 bits per heavy atom. The van der Waals surface area contributed by atoms with Gasteiger partial charge in [-0.2, -0.15) is 0 Å². The Labute approximate surface area is 128 Å². The van der Waals surface area contributed by atoms with E-state index in [1.54, 1.807) is 0 Å². The molecule has 0 fully saturated rings. The summed E-state index contributed by atoms with van der Waals surface area (Å²) in [7, 11) is 0. The quantitative estimate of drug-likeness (QED) is 0.872. The summed E-state index contributed by atoms with van der Waals surface area (Å²) in [6.45, 7) is 6.22. The van der Waals surface area contributed by atoms with E-state index in [0.29, 0.717) is 0 Å². The van der Waals surface area contributed by atoms with Gasteiger partial charge in [-0.3, -0.25) is 4.79 Å². The summed E-state index contributed by atoms with van der Waals surface area (Å²) >= 11 is 6.82. The Morgan fingerprint density at radius 3 is 2.60 bits per heavy atom. The highest BCUT2D eigenvalue weighted by atomic mass is 32.1. The van der Waals surface area contributed by atoms with Gasteiger partial charge in [-0.05, 0) is 38.6 Å². The van der Waals surface area contributed by atoms with E-state index in [1.165, 1.54) is 16.9 Å². The van der Waals surface area contributed by atoms with Crippen LogP contribution in [-0.2, 0) is 11.3 Å². The average molecular weight is 306 g/mol. The van der Waals surface area contributed by atoms with E-state index in [-0.39, 0.29) is 18.5 Å². The molecule has 3 nitrogen and oxygen atoms in total. The van der Waals surface area contributed by atoms with Crippen LogP contribution in [0.25, 0.3) is 11.3 Å². The minimum Gasteiger partial charge on any atom is -0.352 e. The van der Waals surface area contributed by atoms with Gasteiger partial charge in [0.25, 0.3) is 0 Å². The highest BCUT2D eigenvalue weighted by molar-refractivity contribution is 7.73. The maximum atomic E-state index is 11.9. The summed E-state index contributed by atoms with van der Waals surface area (Å²) in [6.07, 6.45) is 0. The summed E-state index contributed by atoms with van der Waals surface area (Å²) < 4.78 is 2.61. The fraction of sp³-hybridized carbons (Fsp3) is 0.333. The fourth-order valence-electron chi connectivity index (χ4n) is 1.94. The molecule has 0 bridgehead atoms. The van der Waals surface area contributed by atoms with Crippen molar-refractivity contribution in [3.05, 3.63) is 39.2 Å². The van der Waals surface area contributed by atoms with Crippen molar-refractivity contribution in [3.8, 4) is 11.3 Å². The van der Waals surface area contributed by atoms with E-state index in [1.807, 2.05) is 23.8 Å². The van der Waals surface area contributed by atoms with Crippen molar-refractivity contribution in [2.24, 2.45) is 0 Å². The molecule has 1 aromatic carbocycles. The van der Waals surface area contributed by atoms with Gasteiger partial charge in [0, 0.05) is 11.4 Å². The summed E-state index contributed by atoms with van der Waals surface area (Å²) in [5, 5.41) is 4.90. The molecule has 0 spiro atoms. The van der Waals surface area contributed by atoms with Gasteiger partial charge < -0.3 is 9.88 Å². The molecule has 0 saturated heterocycles. The van der Waals surface area contributed by atoms with Gasteiger partial charge in [-0.25, -0.2) is 0 Å². The molecular weight excluding hydrogens is 288 g/mol. The van der Waals surface area contributed by atoms with E-state index in [0.717, 1.165) is 15.2 Å². The molecule has 0 atom stereocenters. The standard InChI is InChI=1S/C15H18N2OS2/c1-10(2)16-14(18)8-17-13(9-20-15(17)19)12-6-4-11(3)5-7-12/h4-7,9-10H,8H2,1-3H3,(H,16,18). The zero-order chi connectivity index (χ0) is 14.7. The lowest BCUT2D eigenvalue weighted by molar-refractivity contribution is -0.122. The summed E-state index contributed by atoms with van der Waals surface area (Å²) in [6, 6.07) is 8.38. The molecule has 106 valence electrons. The van der Waals surface area contributed by atoms with Crippen LogP contribution >= 0.6 is 23.6 Å². The monoisotopic (exact) mass is 306 g/mol. The van der Waals surface area contributed by atoms with Crippen molar-refractivity contribution in [2.75, 3.05) is 0 Å². The third kappa shape index (κ3) is 3.55. The van der Waals surface area contributed by atoms with Crippen LogP contribution in [0.1, 0.15) is 19.4 Å². The first-order chi connectivity index (χ1) is 9.47. The lowest BCUT2D eigenvalue weighted by Gasteiger charge is -2.11. The number of nitrogens with one attached hydrogen (secondary N) is 1. The predicted molar refractivity (Wildman–Crippen MR) is 86.6 cm³/mol. The molecule has 0 unspecified atom stereocenters. The molecule has 20 heavy (non-hydrogen) atoms. The first-order valence-electron chi connectivity index (χ1n) is 6.52. The van der Waals surface area contributed by atoms with Gasteiger partial charge in [-0.1, -0.05) is 29.8 Å². The van der Waals surface area contributed by atoms with Crippen molar-refractivity contribution in [3.63, 3.8) is 0 Å². The predicted octanol–water partition coefficient (Wildman–Crippen LogP) is 3.78. The van der Waals surface area contributed by atoms with E-state index in [2.05, 4.69) is 36.5 Å². The first kappa shape index (κ1) is 14.9. The molecule has 1 amide bonds. The van der Waals surface area contributed by atoms with E-state index in [4.69, 9.17) is 12.2 Å². The number of carbonyl (C=O) groups excluding carboxylic acids is 1. The van der Waals surface area contributed by atoms with Crippen LogP contribution in [0.4, 0.5) is 0 Å². The molecule has 0 radical (unpaired) electrons. The molecule has 2 rings (SSSR count). The SMILES string of the molecule is Cc1ccc(-c2csc(=S)n2CC(=O)NC(C)C)cc1. The molecule has 0 aliphatic rings. The number of thiazole rings is 1. The molecule has 2 aromatic rings. The van der Waals surface area contributed by atoms with Gasteiger partial charge in [0.2, 0.25) is 5.91 Å². The van der Waals surface area contributed by atoms with Gasteiger partial charge in [0.15, 0.2) is 3.95 Å². The number of aromatic nitrogens is 1. The molecule has 1 N–H and O–H groups in total. The Kier molecular flexibility index (Phi) is 4.73. The molecule has 1 aromatic heterocycles. The van der Waals surface area contributed by atoms with E-state index < -0.39 is 0 Å². The Morgan fingerprint density at radius 1 is 1.35 bits per heavy atom. The molecular formula is C15H18N2OS2. The van der Waals surface area contributed by atoms with Crippen LogP contribution in [0, 0.1) is 10.9 Å². The molecule has 0 saturated carbocycles. The minimum atomic E-state index is -0.0112. The van der Waals surface area contributed by atoms with Gasteiger partial charge in [0.1, 0.15) is 6.54 Å². The largest absolute Gasteiger partial charge is 0.352 e. The highest BCUT2D eigenvalue weighted by Crippen LogP contribution is 2.24. The maximum Gasteiger partial charge on any atom is 0.240 e. The van der Waals surface area contributed by atoms with Crippen molar-refractivity contribution in [1.29, 1.82) is 0 Å². The number of amides is 1. The van der Waals surface area contributed by atoms with Gasteiger partial charge in [-0.15, -0.1) is 11.3 Å². The second kappa shape index (κ2) is 6.33. The van der Waals surface area contributed by atoms with Crippen LogP contribution in [-0.4, -0.2) is 16.5 Å². The summed E-state index contributed by atoms with van der Waals surface area (Å²) in [5.74, 6) is -0.0112. The topological polar surface area (TPSA) is 34.0 Å². The highest BCUT2D eigenvalue weighted by Gasteiger charge is 2.11.